The Balaban J connectivity index is 3.50. The Morgan fingerprint density at radius 3 is 1.06 bits per heavy atom. The minimum atomic E-state index is -0.861. The molecule has 0 fully saturated rings. The van der Waals surface area contributed by atoms with E-state index in [1.54, 1.807) is 6.08 Å². The number of ether oxygens (including phenoxy) is 1. The van der Waals surface area contributed by atoms with Crippen molar-refractivity contribution in [2.45, 2.75) is 341 Å². The van der Waals surface area contributed by atoms with Gasteiger partial charge in [0.25, 0.3) is 0 Å². The van der Waals surface area contributed by atoms with Crippen molar-refractivity contribution in [3.8, 4) is 0 Å². The van der Waals surface area contributed by atoms with Crippen molar-refractivity contribution >= 4 is 11.9 Å². The molecule has 1 amide bonds. The fourth-order valence-electron chi connectivity index (χ4n) is 9.34. The highest BCUT2D eigenvalue weighted by molar-refractivity contribution is 5.76. The average molecular weight is 945 g/mol. The van der Waals surface area contributed by atoms with Crippen LogP contribution in [0.5, 0.6) is 0 Å². The zero-order valence-electron chi connectivity index (χ0n) is 45.1. The van der Waals surface area contributed by atoms with Gasteiger partial charge in [0.05, 0.1) is 25.4 Å². The Hall–Kier alpha value is -1.66. The fourth-order valence-corrected chi connectivity index (χ4v) is 9.34. The van der Waals surface area contributed by atoms with Crippen molar-refractivity contribution in [3.05, 3.63) is 24.3 Å². The highest BCUT2D eigenvalue weighted by Gasteiger charge is 2.18. The summed E-state index contributed by atoms with van der Waals surface area (Å²) in [5.41, 5.74) is 0. The topological polar surface area (TPSA) is 95.9 Å². The molecule has 0 bridgehead atoms. The van der Waals surface area contributed by atoms with Gasteiger partial charge in [-0.25, -0.2) is 0 Å². The van der Waals surface area contributed by atoms with Crippen LogP contribution < -0.4 is 5.32 Å². The van der Waals surface area contributed by atoms with E-state index in [1.165, 1.54) is 244 Å². The quantitative estimate of drug-likeness (QED) is 0.0321. The summed E-state index contributed by atoms with van der Waals surface area (Å²) >= 11 is 0. The second-order valence-corrected chi connectivity index (χ2v) is 20.7. The Morgan fingerprint density at radius 2 is 0.701 bits per heavy atom. The first-order valence-corrected chi connectivity index (χ1v) is 30.1. The molecule has 0 saturated heterocycles. The van der Waals surface area contributed by atoms with Gasteiger partial charge in [0.2, 0.25) is 5.91 Å². The highest BCUT2D eigenvalue weighted by Crippen LogP contribution is 2.17. The maximum atomic E-state index is 12.5. The lowest BCUT2D eigenvalue weighted by Crippen LogP contribution is -2.45. The molecular formula is C61H117NO5. The van der Waals surface area contributed by atoms with E-state index < -0.39 is 12.1 Å². The predicted octanol–water partition coefficient (Wildman–Crippen LogP) is 18.6. The van der Waals surface area contributed by atoms with Gasteiger partial charge in [-0.05, 0) is 57.8 Å². The van der Waals surface area contributed by atoms with Gasteiger partial charge >= 0.3 is 5.97 Å². The predicted molar refractivity (Wildman–Crippen MR) is 292 cm³/mol. The monoisotopic (exact) mass is 944 g/mol. The fraction of sp³-hybridized carbons (Fsp3) is 0.902. The molecule has 0 heterocycles. The standard InChI is InChI=1S/C61H117NO5/c1-3-5-7-9-11-13-15-17-19-21-22-23-24-25-26-27-28-29-31-33-37-41-45-49-53-59(64)58(57-63)62-60(65)54-50-46-42-38-35-36-40-44-48-52-56-67-61(66)55-51-47-43-39-34-32-30-20-18-16-14-12-10-8-6-4-2/h20,30,49,53,58-59,63-64H,3-19,21-29,31-48,50-52,54-57H2,1-2H3,(H,62,65)/b30-20-,53-49+. The van der Waals surface area contributed by atoms with Gasteiger partial charge in [0.1, 0.15) is 0 Å². The van der Waals surface area contributed by atoms with Crippen LogP contribution in [-0.4, -0.2) is 47.4 Å². The third-order valence-corrected chi connectivity index (χ3v) is 14.0. The molecule has 0 aromatic carbocycles. The first-order chi connectivity index (χ1) is 33.0. The molecule has 0 aliphatic carbocycles. The SMILES string of the molecule is CCCCCCCCC/C=C\CCCCCCCC(=O)OCCCCCCCCCCCCC(=O)NC(CO)C(O)/C=C/CCCCCCCCCCCCCCCCCCCCCCCC. The smallest absolute Gasteiger partial charge is 0.305 e. The molecule has 2 atom stereocenters. The number of nitrogens with one attached hydrogen (secondary N) is 1. The highest BCUT2D eigenvalue weighted by atomic mass is 16.5. The second-order valence-electron chi connectivity index (χ2n) is 20.7. The second kappa shape index (κ2) is 56.9. The Bertz CT molecular complexity index is 1040. The number of amides is 1. The minimum Gasteiger partial charge on any atom is -0.466 e. The lowest BCUT2D eigenvalue weighted by atomic mass is 10.0. The molecule has 67 heavy (non-hydrogen) atoms. The van der Waals surface area contributed by atoms with Crippen LogP contribution in [0.15, 0.2) is 24.3 Å². The number of unbranched alkanes of at least 4 members (excludes halogenated alkanes) is 43. The Morgan fingerprint density at radius 1 is 0.403 bits per heavy atom. The van der Waals surface area contributed by atoms with Crippen LogP contribution in [0.2, 0.25) is 0 Å². The van der Waals surface area contributed by atoms with Gasteiger partial charge in [0.15, 0.2) is 0 Å². The maximum Gasteiger partial charge on any atom is 0.305 e. The van der Waals surface area contributed by atoms with E-state index in [0.717, 1.165) is 57.8 Å². The van der Waals surface area contributed by atoms with Gasteiger partial charge in [-0.2, -0.15) is 0 Å². The molecular weight excluding hydrogens is 827 g/mol. The van der Waals surface area contributed by atoms with Gasteiger partial charge in [0, 0.05) is 12.8 Å². The van der Waals surface area contributed by atoms with E-state index in [-0.39, 0.29) is 18.5 Å². The molecule has 3 N–H and O–H groups in total. The van der Waals surface area contributed by atoms with Crippen LogP contribution in [0.25, 0.3) is 0 Å². The molecule has 0 rings (SSSR count). The van der Waals surface area contributed by atoms with Gasteiger partial charge < -0.3 is 20.3 Å². The molecule has 0 saturated carbocycles. The molecule has 0 aliphatic heterocycles. The number of aliphatic hydroxyl groups excluding tert-OH is 2. The first-order valence-electron chi connectivity index (χ1n) is 30.1. The van der Waals surface area contributed by atoms with Crippen LogP contribution in [0.4, 0.5) is 0 Å². The number of aliphatic hydroxyl groups is 2. The number of rotatable bonds is 56. The minimum absolute atomic E-state index is 0.0273. The lowest BCUT2D eigenvalue weighted by molar-refractivity contribution is -0.143. The summed E-state index contributed by atoms with van der Waals surface area (Å²) in [6.45, 7) is 4.87. The molecule has 6 heteroatoms. The molecule has 0 aromatic heterocycles. The van der Waals surface area contributed by atoms with Crippen molar-refractivity contribution in [2.24, 2.45) is 0 Å². The van der Waals surface area contributed by atoms with E-state index in [0.29, 0.717) is 19.4 Å². The van der Waals surface area contributed by atoms with Crippen molar-refractivity contribution in [3.63, 3.8) is 0 Å². The molecule has 396 valence electrons. The zero-order valence-corrected chi connectivity index (χ0v) is 45.1. The molecule has 0 radical (unpaired) electrons. The van der Waals surface area contributed by atoms with Crippen LogP contribution in [0.3, 0.4) is 0 Å². The number of allylic oxidation sites excluding steroid dienone is 3. The molecule has 0 aromatic rings. The number of hydrogen-bond donors (Lipinski definition) is 3. The summed E-state index contributed by atoms with van der Waals surface area (Å²) < 4.78 is 5.46. The van der Waals surface area contributed by atoms with Crippen LogP contribution >= 0.6 is 0 Å². The summed E-state index contributed by atoms with van der Waals surface area (Å²) in [7, 11) is 0. The Labute approximate surface area is 418 Å². The van der Waals surface area contributed by atoms with Gasteiger partial charge in [-0.3, -0.25) is 9.59 Å². The van der Waals surface area contributed by atoms with Crippen molar-refractivity contribution in [1.82, 2.24) is 5.32 Å². The van der Waals surface area contributed by atoms with E-state index in [4.69, 9.17) is 4.74 Å². The number of carbonyl (C=O) groups excluding carboxylic acids is 2. The van der Waals surface area contributed by atoms with Crippen LogP contribution in [-0.2, 0) is 14.3 Å². The summed E-state index contributed by atoms with van der Waals surface area (Å²) in [6.07, 6.45) is 69.2. The average Bonchev–Trinajstić information content (AvgIpc) is 3.33. The van der Waals surface area contributed by atoms with Crippen molar-refractivity contribution < 1.29 is 24.5 Å². The summed E-state index contributed by atoms with van der Waals surface area (Å²) in [4.78, 5) is 24.6. The normalized spacial score (nSPS) is 12.7. The van der Waals surface area contributed by atoms with Crippen LogP contribution in [0, 0.1) is 0 Å². The van der Waals surface area contributed by atoms with Crippen LogP contribution in [0.1, 0.15) is 328 Å². The van der Waals surface area contributed by atoms with E-state index in [9.17, 15) is 19.8 Å². The van der Waals surface area contributed by atoms with E-state index >= 15 is 0 Å². The molecule has 0 aliphatic rings. The Kier molecular flexibility index (Phi) is 55.5. The summed E-state index contributed by atoms with van der Waals surface area (Å²) in [5, 5.41) is 23.2. The van der Waals surface area contributed by atoms with E-state index in [1.807, 2.05) is 6.08 Å². The summed E-state index contributed by atoms with van der Waals surface area (Å²) in [6, 6.07) is -0.646. The van der Waals surface area contributed by atoms with E-state index in [2.05, 4.69) is 31.3 Å². The third kappa shape index (κ3) is 53.5. The molecule has 2 unspecified atom stereocenters. The lowest BCUT2D eigenvalue weighted by Gasteiger charge is -2.20. The molecule has 6 nitrogen and oxygen atoms in total. The number of hydrogen-bond acceptors (Lipinski definition) is 5. The van der Waals surface area contributed by atoms with Crippen molar-refractivity contribution in [2.75, 3.05) is 13.2 Å². The molecule has 0 spiro atoms. The third-order valence-electron chi connectivity index (χ3n) is 14.0. The number of esters is 1. The summed E-state index contributed by atoms with van der Waals surface area (Å²) in [5.74, 6) is -0.115. The zero-order chi connectivity index (χ0) is 48.6. The van der Waals surface area contributed by atoms with Gasteiger partial charge in [-0.15, -0.1) is 0 Å². The van der Waals surface area contributed by atoms with Crippen molar-refractivity contribution in [1.29, 1.82) is 0 Å². The number of carbonyl (C=O) groups is 2. The van der Waals surface area contributed by atoms with Gasteiger partial charge in [-0.1, -0.05) is 282 Å². The largest absolute Gasteiger partial charge is 0.466 e. The maximum absolute atomic E-state index is 12.5. The first kappa shape index (κ1) is 65.3.